The summed E-state index contributed by atoms with van der Waals surface area (Å²) in [4.78, 5) is 11.9. The van der Waals surface area contributed by atoms with Crippen molar-refractivity contribution in [3.05, 3.63) is 35.6 Å². The minimum Gasteiger partial charge on any atom is -0.350 e. The molecule has 1 aromatic rings. The van der Waals surface area contributed by atoms with Crippen molar-refractivity contribution in [2.24, 2.45) is 0 Å². The fraction of sp³-hybridized carbons (Fsp3) is 0.462. The van der Waals surface area contributed by atoms with Gasteiger partial charge in [0.1, 0.15) is 5.82 Å². The van der Waals surface area contributed by atoms with E-state index in [1.54, 1.807) is 18.2 Å². The number of halogens is 2. The van der Waals surface area contributed by atoms with E-state index in [0.29, 0.717) is 5.56 Å². The van der Waals surface area contributed by atoms with Crippen molar-refractivity contribution >= 4 is 21.8 Å². The third-order valence-electron chi connectivity index (χ3n) is 2.76. The number of benzene rings is 1. The number of hydrogen-bond donors (Lipinski definition) is 1. The summed E-state index contributed by atoms with van der Waals surface area (Å²) in [7, 11) is 0. The lowest BCUT2D eigenvalue weighted by molar-refractivity contribution is -0.122. The van der Waals surface area contributed by atoms with Crippen LogP contribution in [0.25, 0.3) is 0 Å². The molecule has 0 fully saturated rings. The molecule has 0 saturated carbocycles. The second-order valence-corrected chi connectivity index (χ2v) is 6.03. The molecule has 0 aliphatic carbocycles. The summed E-state index contributed by atoms with van der Waals surface area (Å²) >= 11 is 3.44. The van der Waals surface area contributed by atoms with Gasteiger partial charge >= 0.3 is 0 Å². The van der Waals surface area contributed by atoms with E-state index in [0.717, 1.165) is 0 Å². The van der Waals surface area contributed by atoms with Crippen LogP contribution in [-0.2, 0) is 11.2 Å². The zero-order chi connectivity index (χ0) is 13.1. The van der Waals surface area contributed by atoms with Gasteiger partial charge in [-0.3, -0.25) is 4.79 Å². The van der Waals surface area contributed by atoms with Gasteiger partial charge < -0.3 is 5.32 Å². The molecule has 0 bridgehead atoms. The molecule has 1 atom stereocenters. The van der Waals surface area contributed by atoms with Crippen LogP contribution in [0.2, 0.25) is 0 Å². The van der Waals surface area contributed by atoms with E-state index in [4.69, 9.17) is 0 Å². The van der Waals surface area contributed by atoms with Crippen molar-refractivity contribution in [2.75, 3.05) is 0 Å². The van der Waals surface area contributed by atoms with E-state index < -0.39 is 0 Å². The van der Waals surface area contributed by atoms with Crippen molar-refractivity contribution in [2.45, 2.75) is 37.6 Å². The summed E-state index contributed by atoms with van der Waals surface area (Å²) in [6, 6.07) is 6.32. The third-order valence-corrected chi connectivity index (χ3v) is 3.91. The van der Waals surface area contributed by atoms with E-state index in [-0.39, 0.29) is 28.5 Å². The van der Waals surface area contributed by atoms with Gasteiger partial charge in [-0.25, -0.2) is 4.39 Å². The highest BCUT2D eigenvalue weighted by Gasteiger charge is 2.25. The van der Waals surface area contributed by atoms with Gasteiger partial charge in [-0.2, -0.15) is 0 Å². The van der Waals surface area contributed by atoms with Crippen molar-refractivity contribution in [1.29, 1.82) is 0 Å². The molecule has 1 unspecified atom stereocenters. The average molecular weight is 302 g/mol. The van der Waals surface area contributed by atoms with Crippen molar-refractivity contribution in [3.8, 4) is 0 Å². The number of amides is 1. The highest BCUT2D eigenvalue weighted by Crippen LogP contribution is 2.17. The molecule has 0 aromatic heterocycles. The number of nitrogens with one attached hydrogen (secondary N) is 1. The first-order chi connectivity index (χ1) is 7.83. The average Bonchev–Trinajstić information content (AvgIpc) is 2.20. The van der Waals surface area contributed by atoms with Gasteiger partial charge in [0, 0.05) is 10.4 Å². The van der Waals surface area contributed by atoms with Crippen molar-refractivity contribution < 1.29 is 9.18 Å². The lowest BCUT2D eigenvalue weighted by Gasteiger charge is -2.29. The molecule has 1 rings (SSSR count). The van der Waals surface area contributed by atoms with Crippen LogP contribution in [0, 0.1) is 5.82 Å². The molecule has 0 aliphatic heterocycles. The van der Waals surface area contributed by atoms with Gasteiger partial charge in [-0.05, 0) is 25.5 Å². The molecular formula is C13H17BrFNO. The van der Waals surface area contributed by atoms with Crippen molar-refractivity contribution in [3.63, 3.8) is 0 Å². The van der Waals surface area contributed by atoms with Gasteiger partial charge in [0.2, 0.25) is 5.91 Å². The van der Waals surface area contributed by atoms with E-state index >= 15 is 0 Å². The molecule has 2 nitrogen and oxygen atoms in total. The SMILES string of the molecule is CC(Br)C(C)(C)NC(=O)Cc1ccccc1F. The second-order valence-electron chi connectivity index (χ2n) is 4.65. The van der Waals surface area contributed by atoms with Crippen LogP contribution in [0.15, 0.2) is 24.3 Å². The summed E-state index contributed by atoms with van der Waals surface area (Å²) in [6.45, 7) is 5.81. The Labute approximate surface area is 110 Å². The highest BCUT2D eigenvalue weighted by atomic mass is 79.9. The Morgan fingerprint density at radius 1 is 1.47 bits per heavy atom. The van der Waals surface area contributed by atoms with Gasteiger partial charge in [-0.15, -0.1) is 0 Å². The van der Waals surface area contributed by atoms with Gasteiger partial charge in [0.25, 0.3) is 0 Å². The molecule has 0 radical (unpaired) electrons. The Morgan fingerprint density at radius 3 is 2.59 bits per heavy atom. The molecule has 1 aromatic carbocycles. The minimum atomic E-state index is -0.359. The molecule has 94 valence electrons. The van der Waals surface area contributed by atoms with Crippen molar-refractivity contribution in [1.82, 2.24) is 5.32 Å². The largest absolute Gasteiger partial charge is 0.350 e. The fourth-order valence-electron chi connectivity index (χ4n) is 1.32. The zero-order valence-corrected chi connectivity index (χ0v) is 11.8. The summed E-state index contributed by atoms with van der Waals surface area (Å²) < 4.78 is 13.4. The fourth-order valence-corrected chi connectivity index (χ4v) is 1.43. The van der Waals surface area contributed by atoms with Crippen LogP contribution in [0.5, 0.6) is 0 Å². The molecule has 4 heteroatoms. The normalized spacial score (nSPS) is 13.2. The number of carbonyl (C=O) groups is 1. The maximum absolute atomic E-state index is 13.4. The van der Waals surface area contributed by atoms with Crippen LogP contribution in [0.4, 0.5) is 4.39 Å². The molecule has 0 saturated heterocycles. The van der Waals surface area contributed by atoms with Crippen LogP contribution < -0.4 is 5.32 Å². The summed E-state index contributed by atoms with van der Waals surface area (Å²) in [6.07, 6.45) is 0.0653. The number of rotatable bonds is 4. The zero-order valence-electron chi connectivity index (χ0n) is 10.3. The first kappa shape index (κ1) is 14.2. The smallest absolute Gasteiger partial charge is 0.224 e. The minimum absolute atomic E-state index is 0.0653. The van der Waals surface area contributed by atoms with Gasteiger partial charge in [0.15, 0.2) is 0 Å². The van der Waals surface area contributed by atoms with Crippen LogP contribution in [0.3, 0.4) is 0 Å². The Kier molecular flexibility index (Phi) is 4.69. The van der Waals surface area contributed by atoms with E-state index in [1.165, 1.54) is 6.07 Å². The standard InChI is InChI=1S/C13H17BrFNO/c1-9(14)13(2,3)16-12(17)8-10-6-4-5-7-11(10)15/h4-7,9H,8H2,1-3H3,(H,16,17). The van der Waals surface area contributed by atoms with Gasteiger partial charge in [0.05, 0.1) is 6.42 Å². The second kappa shape index (κ2) is 5.63. The Morgan fingerprint density at radius 2 is 2.06 bits per heavy atom. The lowest BCUT2D eigenvalue weighted by Crippen LogP contribution is -2.49. The molecule has 0 aliphatic rings. The van der Waals surface area contributed by atoms with Gasteiger partial charge in [-0.1, -0.05) is 41.1 Å². The molecule has 0 spiro atoms. The molecule has 17 heavy (non-hydrogen) atoms. The Hall–Kier alpha value is -0.900. The van der Waals surface area contributed by atoms with Crippen LogP contribution >= 0.6 is 15.9 Å². The maximum Gasteiger partial charge on any atom is 0.224 e. The number of alkyl halides is 1. The molecule has 0 heterocycles. The Balaban J connectivity index is 2.66. The quantitative estimate of drug-likeness (QED) is 0.851. The summed E-state index contributed by atoms with van der Waals surface area (Å²) in [5, 5.41) is 2.88. The third kappa shape index (κ3) is 4.11. The first-order valence-corrected chi connectivity index (χ1v) is 6.43. The highest BCUT2D eigenvalue weighted by molar-refractivity contribution is 9.09. The predicted octanol–water partition coefficient (Wildman–Crippen LogP) is 3.05. The van der Waals surface area contributed by atoms with E-state index in [1.807, 2.05) is 20.8 Å². The number of carbonyl (C=O) groups excluding carboxylic acids is 1. The lowest BCUT2D eigenvalue weighted by atomic mass is 10.0. The van der Waals surface area contributed by atoms with E-state index in [9.17, 15) is 9.18 Å². The van der Waals surface area contributed by atoms with Crippen LogP contribution in [0.1, 0.15) is 26.3 Å². The molecule has 1 amide bonds. The predicted molar refractivity (Wildman–Crippen MR) is 70.7 cm³/mol. The summed E-state index contributed by atoms with van der Waals surface area (Å²) in [5.41, 5.74) is 0.0607. The first-order valence-electron chi connectivity index (χ1n) is 5.51. The molecule has 1 N–H and O–H groups in total. The monoisotopic (exact) mass is 301 g/mol. The summed E-state index contributed by atoms with van der Waals surface area (Å²) in [5.74, 6) is -0.515. The number of hydrogen-bond acceptors (Lipinski definition) is 1. The Bertz CT molecular complexity index is 404. The maximum atomic E-state index is 13.4. The topological polar surface area (TPSA) is 29.1 Å². The molecular weight excluding hydrogens is 285 g/mol. The van der Waals surface area contributed by atoms with E-state index in [2.05, 4.69) is 21.2 Å². The van der Waals surface area contributed by atoms with Crippen LogP contribution in [-0.4, -0.2) is 16.3 Å².